The van der Waals surface area contributed by atoms with Crippen LogP contribution in [0, 0.1) is 5.82 Å². The van der Waals surface area contributed by atoms with Crippen LogP contribution in [0.2, 0.25) is 0 Å². The monoisotopic (exact) mass is 348 g/mol. The first-order chi connectivity index (χ1) is 8.66. The molecule has 0 bridgehead atoms. The molecule has 0 radical (unpaired) electrons. The summed E-state index contributed by atoms with van der Waals surface area (Å²) in [5, 5.41) is 6.00. The molecule has 1 aromatic carbocycles. The van der Waals surface area contributed by atoms with E-state index in [4.69, 9.17) is 0 Å². The Balaban J connectivity index is 0.00000180. The van der Waals surface area contributed by atoms with Crippen LogP contribution in [-0.4, -0.2) is 25.5 Å². The van der Waals surface area contributed by atoms with Crippen molar-refractivity contribution in [2.45, 2.75) is 6.42 Å². The van der Waals surface area contributed by atoms with Gasteiger partial charge in [-0.2, -0.15) is 0 Å². The first kappa shape index (κ1) is 16.1. The van der Waals surface area contributed by atoms with E-state index >= 15 is 0 Å². The number of hydrogen-bond donors (Lipinski definition) is 2. The molecule has 104 valence electrons. The first-order valence-corrected chi connectivity index (χ1v) is 6.58. The fourth-order valence-corrected chi connectivity index (χ4v) is 2.01. The Morgan fingerprint density at radius 2 is 2.26 bits per heavy atom. The van der Waals surface area contributed by atoms with Crippen LogP contribution in [0.3, 0.4) is 0 Å². The smallest absolute Gasteiger partial charge is 0.251 e. The number of rotatable bonds is 3. The SMILES string of the molecule is Cl.O=C(NCC1=CCNCC1)c1ccc(Br)c(F)c1. The summed E-state index contributed by atoms with van der Waals surface area (Å²) in [6.07, 6.45) is 3.01. The number of hydrogen-bond acceptors (Lipinski definition) is 2. The molecule has 2 N–H and O–H groups in total. The Kier molecular flexibility index (Phi) is 6.48. The highest BCUT2D eigenvalue weighted by atomic mass is 79.9. The molecule has 0 saturated carbocycles. The van der Waals surface area contributed by atoms with Gasteiger partial charge >= 0.3 is 0 Å². The number of carbonyl (C=O) groups excluding carboxylic acids is 1. The van der Waals surface area contributed by atoms with E-state index in [0.717, 1.165) is 19.5 Å². The van der Waals surface area contributed by atoms with E-state index in [0.29, 0.717) is 16.6 Å². The Bertz CT molecular complexity index is 494. The molecule has 1 aliphatic rings. The van der Waals surface area contributed by atoms with E-state index in [2.05, 4.69) is 32.6 Å². The van der Waals surface area contributed by atoms with Crippen LogP contribution in [0.15, 0.2) is 34.3 Å². The topological polar surface area (TPSA) is 41.1 Å². The van der Waals surface area contributed by atoms with Crippen LogP contribution in [0.4, 0.5) is 4.39 Å². The standard InChI is InChI=1S/C13H14BrFN2O.ClH/c14-11-2-1-10(7-12(11)15)13(18)17-8-9-3-5-16-6-4-9;/h1-3,7,16H,4-6,8H2,(H,17,18);1H. The molecular formula is C13H15BrClFN2O. The molecule has 1 heterocycles. The summed E-state index contributed by atoms with van der Waals surface area (Å²) >= 11 is 3.06. The van der Waals surface area contributed by atoms with Gasteiger partial charge in [-0.15, -0.1) is 12.4 Å². The summed E-state index contributed by atoms with van der Waals surface area (Å²) < 4.78 is 13.6. The van der Waals surface area contributed by atoms with Crippen molar-refractivity contribution in [2.75, 3.05) is 19.6 Å². The molecule has 2 rings (SSSR count). The summed E-state index contributed by atoms with van der Waals surface area (Å²) in [5.74, 6) is -0.676. The van der Waals surface area contributed by atoms with Gasteiger partial charge < -0.3 is 10.6 Å². The first-order valence-electron chi connectivity index (χ1n) is 5.78. The van der Waals surface area contributed by atoms with Gasteiger partial charge in [0, 0.05) is 18.7 Å². The third-order valence-corrected chi connectivity index (χ3v) is 3.46. The van der Waals surface area contributed by atoms with Crippen LogP contribution in [0.25, 0.3) is 0 Å². The van der Waals surface area contributed by atoms with Crippen LogP contribution in [-0.2, 0) is 0 Å². The van der Waals surface area contributed by atoms with Crippen molar-refractivity contribution in [3.63, 3.8) is 0 Å². The van der Waals surface area contributed by atoms with Crippen molar-refractivity contribution in [1.82, 2.24) is 10.6 Å². The fourth-order valence-electron chi connectivity index (χ4n) is 1.76. The van der Waals surface area contributed by atoms with Crippen LogP contribution >= 0.6 is 28.3 Å². The summed E-state index contributed by atoms with van der Waals surface area (Å²) in [5.41, 5.74) is 1.55. The van der Waals surface area contributed by atoms with Crippen LogP contribution in [0.1, 0.15) is 16.8 Å². The molecule has 0 fully saturated rings. The van der Waals surface area contributed by atoms with Crippen molar-refractivity contribution >= 4 is 34.2 Å². The van der Waals surface area contributed by atoms with Gasteiger partial charge in [0.05, 0.1) is 4.47 Å². The summed E-state index contributed by atoms with van der Waals surface area (Å²) in [6.45, 7) is 2.31. The molecule has 0 aliphatic carbocycles. The average molecular weight is 350 g/mol. The Labute approximate surface area is 126 Å². The quantitative estimate of drug-likeness (QED) is 0.824. The Morgan fingerprint density at radius 3 is 2.89 bits per heavy atom. The minimum absolute atomic E-state index is 0. The predicted molar refractivity (Wildman–Crippen MR) is 79.3 cm³/mol. The van der Waals surface area contributed by atoms with Gasteiger partial charge in [-0.3, -0.25) is 4.79 Å². The molecule has 6 heteroatoms. The number of benzene rings is 1. The normalized spacial score (nSPS) is 14.3. The molecule has 0 aromatic heterocycles. The largest absolute Gasteiger partial charge is 0.348 e. The molecule has 19 heavy (non-hydrogen) atoms. The second-order valence-corrected chi connectivity index (χ2v) is 4.98. The van der Waals surface area contributed by atoms with E-state index in [-0.39, 0.29) is 18.3 Å². The van der Waals surface area contributed by atoms with Crippen molar-refractivity contribution in [3.8, 4) is 0 Å². The highest BCUT2D eigenvalue weighted by Gasteiger charge is 2.09. The van der Waals surface area contributed by atoms with Gasteiger partial charge in [0.1, 0.15) is 5.82 Å². The zero-order valence-corrected chi connectivity index (χ0v) is 12.6. The van der Waals surface area contributed by atoms with Gasteiger partial charge in [-0.05, 0) is 47.1 Å². The molecule has 3 nitrogen and oxygen atoms in total. The van der Waals surface area contributed by atoms with Crippen molar-refractivity contribution in [2.24, 2.45) is 0 Å². The summed E-state index contributed by atoms with van der Waals surface area (Å²) in [4.78, 5) is 11.8. The van der Waals surface area contributed by atoms with E-state index in [9.17, 15) is 9.18 Å². The zero-order valence-electron chi connectivity index (χ0n) is 10.2. The minimum Gasteiger partial charge on any atom is -0.348 e. The number of halogens is 3. The summed E-state index contributed by atoms with van der Waals surface area (Å²) in [7, 11) is 0. The second kappa shape index (κ2) is 7.62. The zero-order chi connectivity index (χ0) is 13.0. The molecular weight excluding hydrogens is 335 g/mol. The number of amides is 1. The van der Waals surface area contributed by atoms with E-state index in [1.807, 2.05) is 0 Å². The lowest BCUT2D eigenvalue weighted by atomic mass is 10.1. The van der Waals surface area contributed by atoms with Gasteiger partial charge in [0.15, 0.2) is 0 Å². The van der Waals surface area contributed by atoms with Gasteiger partial charge in [0.2, 0.25) is 0 Å². The molecule has 1 aromatic rings. The second-order valence-electron chi connectivity index (χ2n) is 4.13. The molecule has 0 unspecified atom stereocenters. The van der Waals surface area contributed by atoms with Crippen LogP contribution < -0.4 is 10.6 Å². The van der Waals surface area contributed by atoms with Crippen molar-refractivity contribution in [1.29, 1.82) is 0 Å². The van der Waals surface area contributed by atoms with Gasteiger partial charge in [0.25, 0.3) is 5.91 Å². The lowest BCUT2D eigenvalue weighted by molar-refractivity contribution is 0.0956. The van der Waals surface area contributed by atoms with E-state index in [1.54, 1.807) is 6.07 Å². The molecule has 0 atom stereocenters. The molecule has 0 spiro atoms. The predicted octanol–water partition coefficient (Wildman–Crippen LogP) is 2.66. The lowest BCUT2D eigenvalue weighted by Gasteiger charge is -2.14. The molecule has 1 aliphatic heterocycles. The Morgan fingerprint density at radius 1 is 1.47 bits per heavy atom. The van der Waals surface area contributed by atoms with Gasteiger partial charge in [-0.1, -0.05) is 11.6 Å². The van der Waals surface area contributed by atoms with Crippen molar-refractivity contribution < 1.29 is 9.18 Å². The third kappa shape index (κ3) is 4.60. The van der Waals surface area contributed by atoms with Crippen molar-refractivity contribution in [3.05, 3.63) is 45.7 Å². The van der Waals surface area contributed by atoms with E-state index < -0.39 is 5.82 Å². The molecule has 1 amide bonds. The maximum atomic E-state index is 13.3. The maximum absolute atomic E-state index is 13.3. The highest BCUT2D eigenvalue weighted by molar-refractivity contribution is 9.10. The lowest BCUT2D eigenvalue weighted by Crippen LogP contribution is -2.29. The van der Waals surface area contributed by atoms with Crippen LogP contribution in [0.5, 0.6) is 0 Å². The fraction of sp³-hybridized carbons (Fsp3) is 0.308. The van der Waals surface area contributed by atoms with E-state index in [1.165, 1.54) is 17.7 Å². The molecule has 0 saturated heterocycles. The third-order valence-electron chi connectivity index (χ3n) is 2.82. The van der Waals surface area contributed by atoms with Gasteiger partial charge in [-0.25, -0.2) is 4.39 Å². The number of nitrogens with one attached hydrogen (secondary N) is 2. The highest BCUT2D eigenvalue weighted by Crippen LogP contribution is 2.16. The average Bonchev–Trinajstić information content (AvgIpc) is 2.40. The summed E-state index contributed by atoms with van der Waals surface area (Å²) in [6, 6.07) is 4.36. The minimum atomic E-state index is -0.427. The number of carbonyl (C=O) groups is 1. The maximum Gasteiger partial charge on any atom is 0.251 e. The Hall–Kier alpha value is -0.910.